The van der Waals surface area contributed by atoms with Gasteiger partial charge >= 0.3 is 5.97 Å². The van der Waals surface area contributed by atoms with Gasteiger partial charge in [0.2, 0.25) is 5.91 Å². The van der Waals surface area contributed by atoms with Crippen molar-refractivity contribution in [3.05, 3.63) is 0 Å². The van der Waals surface area contributed by atoms with Crippen LogP contribution in [0.1, 0.15) is 19.8 Å². The Bertz CT molecular complexity index is 347. The summed E-state index contributed by atoms with van der Waals surface area (Å²) in [6.45, 7) is 3.90. The first kappa shape index (κ1) is 14.6. The summed E-state index contributed by atoms with van der Waals surface area (Å²) in [7, 11) is 0. The van der Waals surface area contributed by atoms with Crippen molar-refractivity contribution in [2.24, 2.45) is 0 Å². The number of hydrogen-bond donors (Lipinski definition) is 2. The van der Waals surface area contributed by atoms with E-state index in [-0.39, 0.29) is 17.3 Å². The third-order valence-electron chi connectivity index (χ3n) is 3.43. The Balaban J connectivity index is 1.99. The van der Waals surface area contributed by atoms with E-state index in [0.29, 0.717) is 25.4 Å². The molecule has 0 saturated carbocycles. The molecule has 2 rings (SSSR count). The van der Waals surface area contributed by atoms with Crippen LogP contribution in [0.2, 0.25) is 0 Å². The number of carbonyl (C=O) groups excluding carboxylic acids is 1. The first-order chi connectivity index (χ1) is 9.13. The molecule has 2 fully saturated rings. The molecule has 6 nitrogen and oxygen atoms in total. The molecule has 2 aliphatic heterocycles. The number of nitrogens with zero attached hydrogens (tertiary/aromatic N) is 1. The number of carboxylic acids is 1. The van der Waals surface area contributed by atoms with Crippen LogP contribution in [0.4, 0.5) is 0 Å². The number of carboxylic acid groups (broad SMARTS) is 1. The van der Waals surface area contributed by atoms with Crippen molar-refractivity contribution >= 4 is 23.6 Å². The second-order valence-corrected chi connectivity index (χ2v) is 5.99. The van der Waals surface area contributed by atoms with Crippen LogP contribution in [-0.4, -0.2) is 64.9 Å². The van der Waals surface area contributed by atoms with E-state index in [9.17, 15) is 14.7 Å². The normalized spacial score (nSPS) is 31.4. The minimum Gasteiger partial charge on any atom is -0.480 e. The first-order valence-electron chi connectivity index (χ1n) is 6.60. The number of thioether (sulfide) groups is 1. The maximum Gasteiger partial charge on any atom is 0.327 e. The van der Waals surface area contributed by atoms with Gasteiger partial charge in [0.25, 0.3) is 0 Å². The highest BCUT2D eigenvalue weighted by Gasteiger charge is 2.41. The van der Waals surface area contributed by atoms with Crippen molar-refractivity contribution in [3.8, 4) is 0 Å². The molecule has 2 aliphatic rings. The number of rotatable bonds is 4. The molecule has 108 valence electrons. The topological polar surface area (TPSA) is 78.9 Å². The molecule has 19 heavy (non-hydrogen) atoms. The molecular weight excluding hydrogens is 268 g/mol. The quantitative estimate of drug-likeness (QED) is 0.765. The molecule has 0 aromatic rings. The third kappa shape index (κ3) is 3.40. The molecule has 3 unspecified atom stereocenters. The van der Waals surface area contributed by atoms with Gasteiger partial charge in [-0.2, -0.15) is 0 Å². The number of nitrogens with one attached hydrogen (secondary N) is 1. The van der Waals surface area contributed by atoms with E-state index < -0.39 is 12.0 Å². The highest BCUT2D eigenvalue weighted by molar-refractivity contribution is 8.00. The Morgan fingerprint density at radius 2 is 2.32 bits per heavy atom. The molecular formula is C12H20N2O4S. The lowest BCUT2D eigenvalue weighted by molar-refractivity contribution is -0.149. The standard InChI is InChI=1S/C12H20N2O4S/c1-2-11-14(9(7-19-11)12(16)17)10(15)5-8-6-18-4-3-13-8/h8-9,11,13H,2-7H2,1H3,(H,16,17). The van der Waals surface area contributed by atoms with Crippen molar-refractivity contribution in [2.45, 2.75) is 37.2 Å². The largest absolute Gasteiger partial charge is 0.480 e. The molecule has 1 amide bonds. The van der Waals surface area contributed by atoms with Crippen LogP contribution in [-0.2, 0) is 14.3 Å². The Hall–Kier alpha value is -0.790. The molecule has 0 spiro atoms. The average molecular weight is 288 g/mol. The lowest BCUT2D eigenvalue weighted by Crippen LogP contribution is -2.49. The zero-order valence-corrected chi connectivity index (χ0v) is 11.8. The van der Waals surface area contributed by atoms with Gasteiger partial charge in [-0.1, -0.05) is 6.92 Å². The average Bonchev–Trinajstić information content (AvgIpc) is 2.83. The van der Waals surface area contributed by atoms with E-state index in [1.54, 1.807) is 16.7 Å². The van der Waals surface area contributed by atoms with Crippen molar-refractivity contribution in [2.75, 3.05) is 25.5 Å². The Labute approximate surface area is 116 Å². The van der Waals surface area contributed by atoms with E-state index in [1.807, 2.05) is 6.92 Å². The van der Waals surface area contributed by atoms with Crippen molar-refractivity contribution in [3.63, 3.8) is 0 Å². The molecule has 0 bridgehead atoms. The summed E-state index contributed by atoms with van der Waals surface area (Å²) in [6.07, 6.45) is 1.08. The number of hydrogen-bond acceptors (Lipinski definition) is 5. The summed E-state index contributed by atoms with van der Waals surface area (Å²) in [5.74, 6) is -0.523. The van der Waals surface area contributed by atoms with E-state index in [1.165, 1.54) is 0 Å². The molecule has 2 N–H and O–H groups in total. The fraction of sp³-hybridized carbons (Fsp3) is 0.833. The molecule has 0 aromatic carbocycles. The van der Waals surface area contributed by atoms with E-state index >= 15 is 0 Å². The summed E-state index contributed by atoms with van der Waals surface area (Å²) in [5.41, 5.74) is 0. The lowest BCUT2D eigenvalue weighted by Gasteiger charge is -2.30. The van der Waals surface area contributed by atoms with Crippen molar-refractivity contribution in [1.82, 2.24) is 10.2 Å². The fourth-order valence-corrected chi connectivity index (χ4v) is 3.84. The third-order valence-corrected chi connectivity index (χ3v) is 4.89. The number of aliphatic carboxylic acids is 1. The van der Waals surface area contributed by atoms with E-state index in [0.717, 1.165) is 13.0 Å². The SMILES string of the molecule is CCC1SCC(C(=O)O)N1C(=O)CC1COCCN1. The molecule has 0 aromatic heterocycles. The highest BCUT2D eigenvalue weighted by atomic mass is 32.2. The van der Waals surface area contributed by atoms with Gasteiger partial charge in [-0.05, 0) is 6.42 Å². The van der Waals surface area contributed by atoms with Gasteiger partial charge in [-0.15, -0.1) is 11.8 Å². The fourth-order valence-electron chi connectivity index (χ4n) is 2.47. The summed E-state index contributed by atoms with van der Waals surface area (Å²) >= 11 is 1.55. The van der Waals surface area contributed by atoms with Crippen molar-refractivity contribution in [1.29, 1.82) is 0 Å². The second-order valence-electron chi connectivity index (χ2n) is 4.78. The van der Waals surface area contributed by atoms with Crippen LogP contribution < -0.4 is 5.32 Å². The van der Waals surface area contributed by atoms with Gasteiger partial charge in [-0.25, -0.2) is 4.79 Å². The summed E-state index contributed by atoms with van der Waals surface area (Å²) in [4.78, 5) is 25.1. The molecule has 2 saturated heterocycles. The minimum atomic E-state index is -0.912. The van der Waals surface area contributed by atoms with Crippen LogP contribution in [0, 0.1) is 0 Å². The molecule has 0 aliphatic carbocycles. The molecule has 0 radical (unpaired) electrons. The van der Waals surface area contributed by atoms with Gasteiger partial charge in [0, 0.05) is 24.8 Å². The summed E-state index contributed by atoms with van der Waals surface area (Å²) < 4.78 is 5.32. The van der Waals surface area contributed by atoms with Crippen molar-refractivity contribution < 1.29 is 19.4 Å². The van der Waals surface area contributed by atoms with Crippen LogP contribution in [0.5, 0.6) is 0 Å². The maximum absolute atomic E-state index is 12.4. The van der Waals surface area contributed by atoms with E-state index in [2.05, 4.69) is 5.32 Å². The van der Waals surface area contributed by atoms with E-state index in [4.69, 9.17) is 4.74 Å². The van der Waals surface area contributed by atoms with Gasteiger partial charge in [-0.3, -0.25) is 4.79 Å². The van der Waals surface area contributed by atoms with Gasteiger partial charge in [0.15, 0.2) is 0 Å². The Kier molecular flexibility index (Phi) is 5.06. The predicted molar refractivity (Wildman–Crippen MR) is 72.0 cm³/mol. The van der Waals surface area contributed by atoms with Crippen LogP contribution in [0.3, 0.4) is 0 Å². The van der Waals surface area contributed by atoms with Gasteiger partial charge in [0.1, 0.15) is 6.04 Å². The number of morpholine rings is 1. The van der Waals surface area contributed by atoms with Gasteiger partial charge in [0.05, 0.1) is 18.6 Å². The Morgan fingerprint density at radius 1 is 1.53 bits per heavy atom. The lowest BCUT2D eigenvalue weighted by atomic mass is 10.1. The monoisotopic (exact) mass is 288 g/mol. The van der Waals surface area contributed by atoms with Crippen LogP contribution in [0.15, 0.2) is 0 Å². The van der Waals surface area contributed by atoms with Gasteiger partial charge < -0.3 is 20.1 Å². The van der Waals surface area contributed by atoms with Crippen LogP contribution >= 0.6 is 11.8 Å². The first-order valence-corrected chi connectivity index (χ1v) is 7.65. The number of amides is 1. The summed E-state index contributed by atoms with van der Waals surface area (Å²) in [5, 5.41) is 12.4. The molecule has 7 heteroatoms. The minimum absolute atomic E-state index is 0.00111. The zero-order valence-electron chi connectivity index (χ0n) is 11.0. The summed E-state index contributed by atoms with van der Waals surface area (Å²) in [6, 6.07) is -0.689. The predicted octanol–water partition coefficient (Wildman–Crippen LogP) is 0.130. The number of carbonyl (C=O) groups is 2. The maximum atomic E-state index is 12.4. The molecule has 2 heterocycles. The zero-order chi connectivity index (χ0) is 13.8. The number of ether oxygens (including phenoxy) is 1. The van der Waals surface area contributed by atoms with Crippen LogP contribution in [0.25, 0.3) is 0 Å². The Morgan fingerprint density at radius 3 is 2.89 bits per heavy atom. The highest BCUT2D eigenvalue weighted by Crippen LogP contribution is 2.32. The molecule has 3 atom stereocenters. The second kappa shape index (κ2) is 6.58. The smallest absolute Gasteiger partial charge is 0.327 e.